The third kappa shape index (κ3) is 44.0. The van der Waals surface area contributed by atoms with Gasteiger partial charge >= 0.3 is 77.2 Å². The van der Waals surface area contributed by atoms with Gasteiger partial charge in [0.25, 0.3) is 0 Å². The molecule has 0 radical (unpaired) electrons. The molecule has 0 aliphatic rings. The zero-order valence-electron chi connectivity index (χ0n) is 48.6. The van der Waals surface area contributed by atoms with Crippen LogP contribution in [0.3, 0.4) is 0 Å². The molecule has 27 nitrogen and oxygen atoms in total. The molecular weight excluding hydrogens is 1160 g/mol. The minimum atomic E-state index is -4.31. The van der Waals surface area contributed by atoms with Crippen molar-refractivity contribution in [3.63, 3.8) is 0 Å². The van der Waals surface area contributed by atoms with Crippen LogP contribution in [0.2, 0.25) is 0 Å². The predicted octanol–water partition coefficient (Wildman–Crippen LogP) is 7.28. The summed E-state index contributed by atoms with van der Waals surface area (Å²) in [5.41, 5.74) is -2.79. The highest BCUT2D eigenvalue weighted by molar-refractivity contribution is 7.53. The van der Waals surface area contributed by atoms with E-state index in [1.54, 1.807) is 48.5 Å². The van der Waals surface area contributed by atoms with E-state index < -0.39 is 106 Å². The van der Waals surface area contributed by atoms with Crippen molar-refractivity contribution in [2.75, 3.05) is 98.2 Å². The molecule has 0 saturated heterocycles. The first-order valence-electron chi connectivity index (χ1n) is 25.5. The highest BCUT2D eigenvalue weighted by Gasteiger charge is 2.37. The van der Waals surface area contributed by atoms with E-state index in [0.29, 0.717) is 32.5 Å². The SMILES string of the molecule is C=CC(=O)OCC(CC)(COC(=O)C=C)COC(=O)C=C.C=CC(=O)OCC(CC)(COC(=O)C=C)COC(=O)CCP(=O)(O)O.C=CC(=O)OCC(CC)(COC(=O)C=C)COC(=O)CCP(=O)(OCC)OCC.CCO[P+](=O)OCC. The van der Waals surface area contributed by atoms with Gasteiger partial charge in [-0.3, -0.25) is 18.7 Å². The van der Waals surface area contributed by atoms with Crippen LogP contribution in [0.1, 0.15) is 80.6 Å². The number of carbonyl (C=O) groups is 9. The number of hydrogen-bond acceptors (Lipinski definition) is 25. The molecule has 0 amide bonds. The molecule has 2 N–H and O–H groups in total. The second-order valence-corrected chi connectivity index (χ2v) is 21.6. The number of rotatable bonds is 42. The maximum atomic E-state index is 12.4. The predicted molar refractivity (Wildman–Crippen MR) is 301 cm³/mol. The average molecular weight is 1250 g/mol. The molecule has 0 aliphatic carbocycles. The smallest absolute Gasteiger partial charge is 0.465 e. The van der Waals surface area contributed by atoms with Gasteiger partial charge in [0, 0.05) is 47.1 Å². The third-order valence-electron chi connectivity index (χ3n) is 10.5. The lowest BCUT2D eigenvalue weighted by Crippen LogP contribution is -2.39. The van der Waals surface area contributed by atoms with Crippen LogP contribution in [-0.4, -0.2) is 162 Å². The molecule has 0 unspecified atom stereocenters. The van der Waals surface area contributed by atoms with Gasteiger partial charge in [-0.2, -0.15) is 0 Å². The molecule has 0 heterocycles. The van der Waals surface area contributed by atoms with E-state index in [-0.39, 0.29) is 85.3 Å². The first kappa shape index (κ1) is 83.2. The number of ether oxygens (including phenoxy) is 9. The van der Waals surface area contributed by atoms with E-state index in [1.165, 1.54) is 0 Å². The van der Waals surface area contributed by atoms with Crippen LogP contribution in [0.15, 0.2) is 88.6 Å². The third-order valence-corrected chi connectivity index (χ3v) is 14.3. The largest absolute Gasteiger partial charge is 0.697 e. The average Bonchev–Trinajstić information content (AvgIpc) is 3.55. The Hall–Kier alpha value is -6.27. The maximum Gasteiger partial charge on any atom is 0.697 e. The monoisotopic (exact) mass is 1250 g/mol. The molecule has 0 rings (SSSR count). The van der Waals surface area contributed by atoms with Gasteiger partial charge in [0.1, 0.15) is 72.7 Å². The number of esters is 9. The van der Waals surface area contributed by atoms with Crippen molar-refractivity contribution in [2.45, 2.75) is 80.6 Å². The Balaban J connectivity index is -0.000000533. The first-order chi connectivity index (χ1) is 39.0. The molecule has 472 valence electrons. The molecule has 0 aromatic heterocycles. The van der Waals surface area contributed by atoms with Gasteiger partial charge in [0.2, 0.25) is 0 Å². The van der Waals surface area contributed by atoms with E-state index >= 15 is 0 Å². The molecule has 83 heavy (non-hydrogen) atoms. The zero-order valence-corrected chi connectivity index (χ0v) is 51.3. The Morgan fingerprint density at radius 1 is 0.386 bits per heavy atom. The lowest BCUT2D eigenvalue weighted by Gasteiger charge is -2.30. The molecular formula is C53H84O27P3+. The fourth-order valence-electron chi connectivity index (χ4n) is 5.16. The minimum absolute atomic E-state index is 0.0802. The van der Waals surface area contributed by atoms with Crippen LogP contribution in [0.5, 0.6) is 0 Å². The Morgan fingerprint density at radius 2 is 0.602 bits per heavy atom. The fraction of sp³-hybridized carbons (Fsp3) is 0.566. The highest BCUT2D eigenvalue weighted by Crippen LogP contribution is 2.48. The first-order valence-corrected chi connectivity index (χ1v) is 30.1. The molecule has 0 spiro atoms. The summed E-state index contributed by atoms with van der Waals surface area (Å²) in [4.78, 5) is 120. The van der Waals surface area contributed by atoms with Gasteiger partial charge in [0.05, 0.1) is 54.6 Å². The van der Waals surface area contributed by atoms with Gasteiger partial charge in [-0.15, -0.1) is 9.05 Å². The maximum absolute atomic E-state index is 12.4. The van der Waals surface area contributed by atoms with Crippen molar-refractivity contribution in [1.29, 1.82) is 0 Å². The topological polar surface area (TPSA) is 365 Å². The summed E-state index contributed by atoms with van der Waals surface area (Å²) in [6.07, 6.45) is 6.73. The summed E-state index contributed by atoms with van der Waals surface area (Å²) < 4.78 is 98.3. The lowest BCUT2D eigenvalue weighted by atomic mass is 9.88. The normalized spacial score (nSPS) is 10.9. The van der Waals surface area contributed by atoms with Gasteiger partial charge in [-0.05, 0) is 47.0 Å². The molecule has 0 atom stereocenters. The second-order valence-electron chi connectivity index (χ2n) is 16.7. The van der Waals surface area contributed by atoms with E-state index in [2.05, 4.69) is 55.1 Å². The Kier molecular flexibility index (Phi) is 48.2. The molecule has 0 fully saturated rings. The Morgan fingerprint density at radius 3 is 0.783 bits per heavy atom. The summed E-state index contributed by atoms with van der Waals surface area (Å²) in [6.45, 7) is 35.1. The summed E-state index contributed by atoms with van der Waals surface area (Å²) in [7, 11) is -9.51. The summed E-state index contributed by atoms with van der Waals surface area (Å²) >= 11 is 0. The summed E-state index contributed by atoms with van der Waals surface area (Å²) in [6, 6.07) is 0. The quantitative estimate of drug-likeness (QED) is 0.0262. The fourth-order valence-corrected chi connectivity index (χ4v) is 7.71. The molecule has 0 aromatic rings. The molecule has 0 aliphatic heterocycles. The molecule has 30 heteroatoms. The van der Waals surface area contributed by atoms with Crippen LogP contribution in [0.4, 0.5) is 0 Å². The van der Waals surface area contributed by atoms with Crippen molar-refractivity contribution in [3.8, 4) is 0 Å². The minimum Gasteiger partial charge on any atom is -0.465 e. The van der Waals surface area contributed by atoms with Crippen LogP contribution < -0.4 is 0 Å². The second kappa shape index (κ2) is 48.1. The number of carbonyl (C=O) groups excluding carboxylic acids is 9. The number of hydrogen-bond donors (Lipinski definition) is 2. The summed E-state index contributed by atoms with van der Waals surface area (Å²) in [5, 5.41) is 0. The van der Waals surface area contributed by atoms with Crippen molar-refractivity contribution < 1.29 is 127 Å². The highest BCUT2D eigenvalue weighted by atomic mass is 31.2. The Labute approximate surface area is 486 Å². The van der Waals surface area contributed by atoms with E-state index in [4.69, 9.17) is 61.5 Å². The standard InChI is InChI=1S/C19H31O9P.C15H23O9P.C15H20O6.C4H10O3P/c1-6-16(20)24-13-19(8-3,14-25-17(21)7-2)15-26-18(22)11-12-29(23,27-9-4)28-10-5;1-4-12(16)22-9-15(6-3,10-23-13(17)5-2)11-24-14(18)7-8-25(19,20)21;1-5-12(16)19-9-15(8-4,10-20-13(17)6-2)11-21-14(18)7-3;1-3-6-8(5)7-4-2/h6-7H,1-2,8-15H2,3-5H3;4-5H,1-2,6-11H2,3H3,(H2,19,20,21);5-7H,1-3,8-11H2,4H3;3-4H2,1-2H3/q;;;+1. The van der Waals surface area contributed by atoms with Crippen molar-refractivity contribution >= 4 is 77.2 Å². The van der Waals surface area contributed by atoms with E-state index in [9.17, 15) is 56.8 Å². The van der Waals surface area contributed by atoms with Gasteiger partial charge in [-0.25, -0.2) is 33.6 Å². The molecule has 0 saturated carbocycles. The van der Waals surface area contributed by atoms with Crippen molar-refractivity contribution in [1.82, 2.24) is 0 Å². The van der Waals surface area contributed by atoms with E-state index in [1.807, 2.05) is 0 Å². The molecule has 0 aromatic carbocycles. The van der Waals surface area contributed by atoms with Crippen molar-refractivity contribution in [3.05, 3.63) is 88.6 Å². The van der Waals surface area contributed by atoms with Crippen molar-refractivity contribution in [2.24, 2.45) is 16.2 Å². The Bertz CT molecular complexity index is 2090. The molecule has 0 bridgehead atoms. The van der Waals surface area contributed by atoms with Crippen LogP contribution in [-0.2, 0) is 118 Å². The zero-order chi connectivity index (χ0) is 64.6. The van der Waals surface area contributed by atoms with Gasteiger partial charge in [-0.1, -0.05) is 66.8 Å². The lowest BCUT2D eigenvalue weighted by molar-refractivity contribution is -0.160. The van der Waals surface area contributed by atoms with Crippen LogP contribution in [0.25, 0.3) is 0 Å². The van der Waals surface area contributed by atoms with Gasteiger partial charge < -0.3 is 61.5 Å². The van der Waals surface area contributed by atoms with E-state index in [0.717, 1.165) is 42.5 Å². The van der Waals surface area contributed by atoms with Crippen LogP contribution >= 0.6 is 23.4 Å². The summed E-state index contributed by atoms with van der Waals surface area (Å²) in [5.74, 6) is -5.99. The van der Waals surface area contributed by atoms with Gasteiger partial charge in [0.15, 0.2) is 0 Å². The van der Waals surface area contributed by atoms with Crippen LogP contribution in [0, 0.1) is 16.2 Å².